The number of halogens is 6. The Bertz CT molecular complexity index is 1160. The molecular formula is C29H35F6N3O. The van der Waals surface area contributed by atoms with Crippen LogP contribution in [0.5, 0.6) is 0 Å². The van der Waals surface area contributed by atoms with Crippen molar-refractivity contribution in [2.24, 2.45) is 11.8 Å². The van der Waals surface area contributed by atoms with Gasteiger partial charge in [-0.1, -0.05) is 24.3 Å². The third-order valence-corrected chi connectivity index (χ3v) is 8.46. The Morgan fingerprint density at radius 2 is 1.54 bits per heavy atom. The van der Waals surface area contributed by atoms with Gasteiger partial charge in [0.2, 0.25) is 0 Å². The number of carbonyl (C=O) groups is 1. The van der Waals surface area contributed by atoms with Crippen LogP contribution in [0.4, 0.5) is 31.1 Å². The van der Waals surface area contributed by atoms with Gasteiger partial charge in [0.15, 0.2) is 0 Å². The Balaban J connectivity index is 1.69. The van der Waals surface area contributed by atoms with Gasteiger partial charge in [0.25, 0.3) is 0 Å². The Kier molecular flexibility index (Phi) is 8.00. The molecule has 0 aliphatic carbocycles. The molecule has 10 heteroatoms. The van der Waals surface area contributed by atoms with E-state index < -0.39 is 35.6 Å². The molecule has 2 heterocycles. The van der Waals surface area contributed by atoms with Crippen molar-refractivity contribution in [2.75, 3.05) is 26.7 Å². The fourth-order valence-corrected chi connectivity index (χ4v) is 6.03. The van der Waals surface area contributed by atoms with E-state index in [0.29, 0.717) is 30.6 Å². The van der Waals surface area contributed by atoms with Crippen molar-refractivity contribution in [3.63, 3.8) is 0 Å². The molecule has 0 spiro atoms. The number of urea groups is 1. The summed E-state index contributed by atoms with van der Waals surface area (Å²) in [5.74, 6) is 0.557. The lowest BCUT2D eigenvalue weighted by molar-refractivity contribution is -0.143. The standard InChI is InChI=1S/C29H35F6N3O/c1-17(2)37-15-20-10-11-38(26(25(20)16-37)24-9-7-6-8-18(24)3)27(39)36(5)19(4)21-12-22(28(30,31)32)14-23(13-21)29(33,34)35/h6-9,12-14,17,19-20,25-26H,10-11,15-16H2,1-5H3/t19?,20?,25-,26?/m1/s1. The quantitative estimate of drug-likeness (QED) is 0.364. The third-order valence-electron chi connectivity index (χ3n) is 8.46. The molecule has 2 aromatic carbocycles. The molecule has 2 aliphatic rings. The third kappa shape index (κ3) is 5.90. The second kappa shape index (κ2) is 10.7. The maximum absolute atomic E-state index is 14.0. The zero-order valence-corrected chi connectivity index (χ0v) is 22.8. The highest BCUT2D eigenvalue weighted by atomic mass is 19.4. The van der Waals surface area contributed by atoms with Gasteiger partial charge in [0, 0.05) is 38.6 Å². The van der Waals surface area contributed by atoms with Gasteiger partial charge in [-0.2, -0.15) is 26.3 Å². The smallest absolute Gasteiger partial charge is 0.321 e. The lowest BCUT2D eigenvalue weighted by Gasteiger charge is -2.45. The number of hydrogen-bond acceptors (Lipinski definition) is 2. The lowest BCUT2D eigenvalue weighted by atomic mass is 9.78. The first-order valence-electron chi connectivity index (χ1n) is 13.2. The SMILES string of the molecule is Cc1ccccc1C1[C@@H]2CN(C(C)C)CC2CCN1C(=O)N(C)C(C)c1cc(C(F)(F)F)cc(C(F)(F)F)c1. The number of piperidine rings is 1. The number of amides is 2. The number of carbonyl (C=O) groups excluding carboxylic acids is 1. The molecule has 2 amide bonds. The van der Waals surface area contributed by atoms with Crippen LogP contribution in [-0.2, 0) is 12.4 Å². The van der Waals surface area contributed by atoms with Crippen LogP contribution >= 0.6 is 0 Å². The molecule has 4 atom stereocenters. The van der Waals surface area contributed by atoms with Crippen LogP contribution in [0.15, 0.2) is 42.5 Å². The van der Waals surface area contributed by atoms with Crippen molar-refractivity contribution in [1.29, 1.82) is 0 Å². The number of alkyl halides is 6. The molecule has 2 aliphatic heterocycles. The zero-order chi connectivity index (χ0) is 28.9. The first-order valence-corrected chi connectivity index (χ1v) is 13.2. The first-order chi connectivity index (χ1) is 18.1. The minimum absolute atomic E-state index is 0.109. The van der Waals surface area contributed by atoms with Gasteiger partial charge >= 0.3 is 18.4 Å². The maximum atomic E-state index is 14.0. The van der Waals surface area contributed by atoms with Crippen LogP contribution in [0, 0.1) is 18.8 Å². The Morgan fingerprint density at radius 3 is 2.08 bits per heavy atom. The van der Waals surface area contributed by atoms with Crippen molar-refractivity contribution in [2.45, 2.75) is 64.6 Å². The molecule has 4 rings (SSSR count). The zero-order valence-electron chi connectivity index (χ0n) is 22.8. The van der Waals surface area contributed by atoms with Crippen molar-refractivity contribution in [3.05, 3.63) is 70.3 Å². The molecule has 0 radical (unpaired) electrons. The molecule has 0 bridgehead atoms. The molecule has 0 aromatic heterocycles. The molecule has 2 aromatic rings. The number of benzene rings is 2. The van der Waals surface area contributed by atoms with E-state index in [-0.39, 0.29) is 23.6 Å². The molecule has 0 saturated carbocycles. The predicted octanol–water partition coefficient (Wildman–Crippen LogP) is 7.55. The van der Waals surface area contributed by atoms with E-state index in [4.69, 9.17) is 0 Å². The molecular weight excluding hydrogens is 520 g/mol. The van der Waals surface area contributed by atoms with Crippen LogP contribution in [0.3, 0.4) is 0 Å². The van der Waals surface area contributed by atoms with Gasteiger partial charge in [-0.3, -0.25) is 0 Å². The van der Waals surface area contributed by atoms with E-state index in [1.165, 1.54) is 18.9 Å². The minimum atomic E-state index is -4.96. The fraction of sp³-hybridized carbons (Fsp3) is 0.552. The molecule has 2 fully saturated rings. The van der Waals surface area contributed by atoms with Crippen molar-refractivity contribution < 1.29 is 31.1 Å². The van der Waals surface area contributed by atoms with E-state index in [2.05, 4.69) is 18.7 Å². The molecule has 0 N–H and O–H groups in total. The van der Waals surface area contributed by atoms with Gasteiger partial charge in [-0.25, -0.2) is 4.79 Å². The van der Waals surface area contributed by atoms with Gasteiger partial charge in [-0.05, 0) is 74.9 Å². The summed E-state index contributed by atoms with van der Waals surface area (Å²) in [4.78, 5) is 19.4. The number of nitrogens with zero attached hydrogens (tertiary/aromatic N) is 3. The molecule has 39 heavy (non-hydrogen) atoms. The van der Waals surface area contributed by atoms with E-state index in [0.717, 1.165) is 30.6 Å². The van der Waals surface area contributed by atoms with Crippen LogP contribution in [0.1, 0.15) is 67.1 Å². The van der Waals surface area contributed by atoms with E-state index in [1.807, 2.05) is 31.2 Å². The summed E-state index contributed by atoms with van der Waals surface area (Å²) in [6.07, 6.45) is -9.13. The van der Waals surface area contributed by atoms with Crippen LogP contribution in [0.2, 0.25) is 0 Å². The summed E-state index contributed by atoms with van der Waals surface area (Å²) >= 11 is 0. The number of likely N-dealkylation sites (tertiary alicyclic amines) is 2. The van der Waals surface area contributed by atoms with Crippen molar-refractivity contribution in [3.8, 4) is 0 Å². The molecule has 3 unspecified atom stereocenters. The van der Waals surface area contributed by atoms with Crippen molar-refractivity contribution >= 4 is 6.03 Å². The maximum Gasteiger partial charge on any atom is 0.416 e. The largest absolute Gasteiger partial charge is 0.416 e. The Labute approximate surface area is 225 Å². The average molecular weight is 556 g/mol. The van der Waals surface area contributed by atoms with Crippen LogP contribution < -0.4 is 0 Å². The molecule has 4 nitrogen and oxygen atoms in total. The number of fused-ring (bicyclic) bond motifs is 1. The summed E-state index contributed by atoms with van der Waals surface area (Å²) < 4.78 is 80.9. The van der Waals surface area contributed by atoms with Gasteiger partial charge in [0.05, 0.1) is 23.2 Å². The number of rotatable bonds is 4. The number of hydrogen-bond donors (Lipinski definition) is 0. The fourth-order valence-electron chi connectivity index (χ4n) is 6.03. The van der Waals surface area contributed by atoms with Gasteiger partial charge < -0.3 is 14.7 Å². The second-order valence-corrected chi connectivity index (χ2v) is 11.2. The molecule has 214 valence electrons. The van der Waals surface area contributed by atoms with Gasteiger partial charge in [0.1, 0.15) is 0 Å². The summed E-state index contributed by atoms with van der Waals surface area (Å²) in [6.45, 7) is 9.93. The average Bonchev–Trinajstić information content (AvgIpc) is 3.31. The predicted molar refractivity (Wildman–Crippen MR) is 137 cm³/mol. The minimum Gasteiger partial charge on any atom is -0.321 e. The highest BCUT2D eigenvalue weighted by Crippen LogP contribution is 2.46. The summed E-state index contributed by atoms with van der Waals surface area (Å²) in [5.41, 5.74) is -0.947. The Hall–Kier alpha value is -2.75. The van der Waals surface area contributed by atoms with Gasteiger partial charge in [-0.15, -0.1) is 0 Å². The summed E-state index contributed by atoms with van der Waals surface area (Å²) in [7, 11) is 1.44. The van der Waals surface area contributed by atoms with Crippen LogP contribution in [-0.4, -0.2) is 53.5 Å². The lowest BCUT2D eigenvalue weighted by Crippen LogP contribution is -2.51. The van der Waals surface area contributed by atoms with Crippen LogP contribution in [0.25, 0.3) is 0 Å². The summed E-state index contributed by atoms with van der Waals surface area (Å²) in [6, 6.07) is 8.03. The highest BCUT2D eigenvalue weighted by molar-refractivity contribution is 5.75. The second-order valence-electron chi connectivity index (χ2n) is 11.2. The first kappa shape index (κ1) is 29.2. The molecule has 2 saturated heterocycles. The summed E-state index contributed by atoms with van der Waals surface area (Å²) in [5, 5.41) is 0. The highest BCUT2D eigenvalue weighted by Gasteiger charge is 2.47. The van der Waals surface area contributed by atoms with E-state index in [1.54, 1.807) is 4.90 Å². The normalized spacial score (nSPS) is 23.2. The van der Waals surface area contributed by atoms with Crippen molar-refractivity contribution in [1.82, 2.24) is 14.7 Å². The monoisotopic (exact) mass is 555 g/mol. The topological polar surface area (TPSA) is 26.8 Å². The Morgan fingerprint density at radius 1 is 0.949 bits per heavy atom. The van der Waals surface area contributed by atoms with E-state index in [9.17, 15) is 31.1 Å². The number of aryl methyl sites for hydroxylation is 1. The van der Waals surface area contributed by atoms with E-state index >= 15 is 0 Å².